The lowest BCUT2D eigenvalue weighted by molar-refractivity contribution is -0.102. The van der Waals surface area contributed by atoms with Crippen molar-refractivity contribution in [3.8, 4) is 0 Å². The van der Waals surface area contributed by atoms with Crippen molar-refractivity contribution in [2.45, 2.75) is 52.2 Å². The average Bonchev–Trinajstić information content (AvgIpc) is 2.09. The van der Waals surface area contributed by atoms with Crippen LogP contribution in [0.4, 0.5) is 0 Å². The van der Waals surface area contributed by atoms with Gasteiger partial charge in [0, 0.05) is 6.54 Å². The summed E-state index contributed by atoms with van der Waals surface area (Å²) in [5, 5.41) is 3.39. The van der Waals surface area contributed by atoms with Crippen LogP contribution in [0.2, 0.25) is 0 Å². The molecule has 2 unspecified atom stereocenters. The van der Waals surface area contributed by atoms with Crippen molar-refractivity contribution in [2.24, 2.45) is 5.92 Å². The third kappa shape index (κ3) is 3.28. The average molecular weight is 185 g/mol. The van der Waals surface area contributed by atoms with Crippen LogP contribution in [0.15, 0.2) is 0 Å². The van der Waals surface area contributed by atoms with Gasteiger partial charge in [0.25, 0.3) is 0 Å². The molecule has 1 fully saturated rings. The third-order valence-electron chi connectivity index (χ3n) is 3.03. The largest absolute Gasteiger partial charge is 0.372 e. The molecule has 0 saturated carbocycles. The van der Waals surface area contributed by atoms with Gasteiger partial charge in [-0.05, 0) is 39.2 Å². The molecule has 1 rings (SSSR count). The van der Waals surface area contributed by atoms with Crippen LogP contribution >= 0.6 is 0 Å². The summed E-state index contributed by atoms with van der Waals surface area (Å²) in [4.78, 5) is 0. The number of nitrogens with one attached hydrogen (secondary N) is 1. The molecule has 2 nitrogen and oxygen atoms in total. The van der Waals surface area contributed by atoms with Gasteiger partial charge in [-0.1, -0.05) is 13.8 Å². The molecule has 2 heteroatoms. The van der Waals surface area contributed by atoms with Gasteiger partial charge in [-0.15, -0.1) is 0 Å². The summed E-state index contributed by atoms with van der Waals surface area (Å²) in [6.45, 7) is 11.0. The minimum absolute atomic E-state index is 0.0519. The van der Waals surface area contributed by atoms with Gasteiger partial charge in [0.15, 0.2) is 0 Å². The molecule has 1 N–H and O–H groups in total. The van der Waals surface area contributed by atoms with Crippen molar-refractivity contribution in [2.75, 3.05) is 13.1 Å². The molecular weight excluding hydrogens is 162 g/mol. The Bertz CT molecular complexity index is 156. The maximum Gasteiger partial charge on any atom is 0.0632 e. The van der Waals surface area contributed by atoms with E-state index in [-0.39, 0.29) is 5.60 Å². The van der Waals surface area contributed by atoms with Crippen LogP contribution in [0, 0.1) is 5.92 Å². The Labute approximate surface area is 82.0 Å². The van der Waals surface area contributed by atoms with Gasteiger partial charge in [-0.2, -0.15) is 0 Å². The van der Waals surface area contributed by atoms with Crippen LogP contribution in [-0.4, -0.2) is 24.8 Å². The Morgan fingerprint density at radius 3 is 2.69 bits per heavy atom. The maximum atomic E-state index is 6.10. The van der Waals surface area contributed by atoms with Gasteiger partial charge in [0.2, 0.25) is 0 Å². The molecule has 78 valence electrons. The molecule has 1 aliphatic heterocycles. The van der Waals surface area contributed by atoms with Crippen LogP contribution in [0.5, 0.6) is 0 Å². The molecule has 0 aliphatic carbocycles. The van der Waals surface area contributed by atoms with Crippen molar-refractivity contribution < 1.29 is 4.74 Å². The quantitative estimate of drug-likeness (QED) is 0.727. The van der Waals surface area contributed by atoms with Gasteiger partial charge >= 0.3 is 0 Å². The number of hydrogen-bond acceptors (Lipinski definition) is 2. The molecule has 1 saturated heterocycles. The summed E-state index contributed by atoms with van der Waals surface area (Å²) < 4.78 is 6.10. The van der Waals surface area contributed by atoms with E-state index in [9.17, 15) is 0 Å². The van der Waals surface area contributed by atoms with Crippen LogP contribution in [0.3, 0.4) is 0 Å². The Hall–Kier alpha value is -0.0800. The van der Waals surface area contributed by atoms with E-state index in [2.05, 4.69) is 33.0 Å². The minimum Gasteiger partial charge on any atom is -0.372 e. The highest BCUT2D eigenvalue weighted by atomic mass is 16.5. The van der Waals surface area contributed by atoms with E-state index in [1.54, 1.807) is 0 Å². The Morgan fingerprint density at radius 2 is 2.15 bits per heavy atom. The molecule has 0 aromatic heterocycles. The molecular formula is C11H23NO. The summed E-state index contributed by atoms with van der Waals surface area (Å²) >= 11 is 0. The first-order valence-corrected chi connectivity index (χ1v) is 5.43. The Balaban J connectivity index is 2.42. The zero-order valence-electron chi connectivity index (χ0n) is 9.39. The Kier molecular flexibility index (Phi) is 3.74. The van der Waals surface area contributed by atoms with Crippen molar-refractivity contribution in [3.63, 3.8) is 0 Å². The van der Waals surface area contributed by atoms with Gasteiger partial charge in [-0.3, -0.25) is 0 Å². The second kappa shape index (κ2) is 4.43. The van der Waals surface area contributed by atoms with Gasteiger partial charge in [0.05, 0.1) is 11.7 Å². The highest BCUT2D eigenvalue weighted by Crippen LogP contribution is 2.23. The Morgan fingerprint density at radius 1 is 1.46 bits per heavy atom. The number of piperidine rings is 1. The topological polar surface area (TPSA) is 21.3 Å². The van der Waals surface area contributed by atoms with Crippen LogP contribution < -0.4 is 5.32 Å². The smallest absolute Gasteiger partial charge is 0.0632 e. The first-order valence-electron chi connectivity index (χ1n) is 5.43. The minimum atomic E-state index is 0.0519. The summed E-state index contributed by atoms with van der Waals surface area (Å²) in [5.41, 5.74) is 0.0519. The molecule has 0 bridgehead atoms. The highest BCUT2D eigenvalue weighted by molar-refractivity contribution is 4.79. The standard InChI is InChI=1S/C11H23NO/c1-5-11(3,4)13-10-6-7-12-8-9(10)2/h9-10,12H,5-8H2,1-4H3. The van der Waals surface area contributed by atoms with E-state index >= 15 is 0 Å². The zero-order valence-corrected chi connectivity index (χ0v) is 9.39. The fourth-order valence-electron chi connectivity index (χ4n) is 1.66. The molecule has 13 heavy (non-hydrogen) atoms. The molecule has 1 heterocycles. The molecule has 0 radical (unpaired) electrons. The molecule has 0 aromatic rings. The van der Waals surface area contributed by atoms with E-state index < -0.39 is 0 Å². The lowest BCUT2D eigenvalue weighted by Crippen LogP contribution is -2.43. The van der Waals surface area contributed by atoms with Crippen molar-refractivity contribution >= 4 is 0 Å². The van der Waals surface area contributed by atoms with E-state index in [4.69, 9.17) is 4.74 Å². The maximum absolute atomic E-state index is 6.10. The first kappa shape index (κ1) is 11.0. The highest BCUT2D eigenvalue weighted by Gasteiger charge is 2.27. The van der Waals surface area contributed by atoms with E-state index in [1.807, 2.05) is 0 Å². The van der Waals surface area contributed by atoms with E-state index in [1.165, 1.54) is 0 Å². The van der Waals surface area contributed by atoms with Crippen LogP contribution in [-0.2, 0) is 4.74 Å². The van der Waals surface area contributed by atoms with Crippen molar-refractivity contribution in [1.82, 2.24) is 5.32 Å². The molecule has 0 amide bonds. The second-order valence-corrected chi connectivity index (χ2v) is 4.74. The fourth-order valence-corrected chi connectivity index (χ4v) is 1.66. The molecule has 2 atom stereocenters. The van der Waals surface area contributed by atoms with Crippen LogP contribution in [0.25, 0.3) is 0 Å². The predicted molar refractivity (Wildman–Crippen MR) is 55.9 cm³/mol. The summed E-state index contributed by atoms with van der Waals surface area (Å²) in [6, 6.07) is 0. The number of hydrogen-bond donors (Lipinski definition) is 1. The normalized spacial score (nSPS) is 30.5. The number of ether oxygens (including phenoxy) is 1. The van der Waals surface area contributed by atoms with Crippen molar-refractivity contribution in [3.05, 3.63) is 0 Å². The summed E-state index contributed by atoms with van der Waals surface area (Å²) in [5.74, 6) is 0.652. The van der Waals surface area contributed by atoms with Gasteiger partial charge in [-0.25, -0.2) is 0 Å². The van der Waals surface area contributed by atoms with Gasteiger partial charge < -0.3 is 10.1 Å². The van der Waals surface area contributed by atoms with E-state index in [0.29, 0.717) is 12.0 Å². The summed E-state index contributed by atoms with van der Waals surface area (Å²) in [6.07, 6.45) is 2.70. The summed E-state index contributed by atoms with van der Waals surface area (Å²) in [7, 11) is 0. The third-order valence-corrected chi connectivity index (χ3v) is 3.03. The molecule has 1 aliphatic rings. The monoisotopic (exact) mass is 185 g/mol. The lowest BCUT2D eigenvalue weighted by atomic mass is 9.96. The first-order chi connectivity index (χ1) is 6.05. The lowest BCUT2D eigenvalue weighted by Gasteiger charge is -2.36. The van der Waals surface area contributed by atoms with Gasteiger partial charge in [0.1, 0.15) is 0 Å². The predicted octanol–water partition coefficient (Wildman–Crippen LogP) is 2.19. The van der Waals surface area contributed by atoms with Crippen molar-refractivity contribution in [1.29, 1.82) is 0 Å². The number of rotatable bonds is 3. The molecule has 0 aromatic carbocycles. The fraction of sp³-hybridized carbons (Fsp3) is 1.00. The SMILES string of the molecule is CCC(C)(C)OC1CCNCC1C. The van der Waals surface area contributed by atoms with E-state index in [0.717, 1.165) is 25.9 Å². The van der Waals surface area contributed by atoms with Crippen LogP contribution in [0.1, 0.15) is 40.5 Å². The zero-order chi connectivity index (χ0) is 9.90. The second-order valence-electron chi connectivity index (χ2n) is 4.74. The molecule has 0 spiro atoms.